The number of alkyl halides is 2. The first kappa shape index (κ1) is 14.0. The molecule has 4 aliphatic carbocycles. The molecule has 0 unspecified atom stereocenters. The van der Waals surface area contributed by atoms with Gasteiger partial charge in [-0.3, -0.25) is 0 Å². The van der Waals surface area contributed by atoms with Gasteiger partial charge >= 0.3 is 22.0 Å². The van der Waals surface area contributed by atoms with Crippen LogP contribution in [0.15, 0.2) is 0 Å². The van der Waals surface area contributed by atoms with Crippen LogP contribution in [0.4, 0.5) is 13.6 Å². The highest BCUT2D eigenvalue weighted by Crippen LogP contribution is 2.57. The topological polar surface area (TPSA) is 69.7 Å². The van der Waals surface area contributed by atoms with Crippen molar-refractivity contribution in [2.45, 2.75) is 49.9 Å². The van der Waals surface area contributed by atoms with Crippen LogP contribution < -0.4 is 0 Å². The molecule has 4 bridgehead atoms. The van der Waals surface area contributed by atoms with Crippen LogP contribution >= 0.6 is 0 Å². The van der Waals surface area contributed by atoms with Crippen molar-refractivity contribution in [1.29, 1.82) is 0 Å². The first-order valence-corrected chi connectivity index (χ1v) is 8.19. The summed E-state index contributed by atoms with van der Waals surface area (Å²) in [5, 5.41) is 0. The maximum absolute atomic E-state index is 12.2. The molecule has 0 aromatic heterocycles. The Kier molecular flexibility index (Phi) is 3.19. The van der Waals surface area contributed by atoms with Gasteiger partial charge in [0.2, 0.25) is 0 Å². The first-order valence-electron chi connectivity index (χ1n) is 6.72. The minimum absolute atomic E-state index is 0.487. The Morgan fingerprint density at radius 2 is 1.50 bits per heavy atom. The molecule has 0 spiro atoms. The van der Waals surface area contributed by atoms with Gasteiger partial charge in [0.15, 0.2) is 0 Å². The van der Waals surface area contributed by atoms with Crippen molar-refractivity contribution in [2.24, 2.45) is 17.8 Å². The van der Waals surface area contributed by atoms with Gasteiger partial charge in [-0.05, 0) is 56.3 Å². The van der Waals surface area contributed by atoms with Crippen molar-refractivity contribution in [3.63, 3.8) is 0 Å². The third-order valence-corrected chi connectivity index (χ3v) is 5.49. The lowest BCUT2D eigenvalue weighted by molar-refractivity contribution is -0.135. The maximum Gasteiger partial charge on any atom is 0.524 e. The summed E-state index contributed by atoms with van der Waals surface area (Å²) in [5.74, 6) is -2.28. The Balaban J connectivity index is 1.67. The fraction of sp³-hybridized carbons (Fsp3) is 0.917. The Morgan fingerprint density at radius 1 is 1.05 bits per heavy atom. The minimum atomic E-state index is -5.19. The summed E-state index contributed by atoms with van der Waals surface area (Å²) in [6, 6.07) is 0. The smallest absolute Gasteiger partial charge is 0.427 e. The van der Waals surface area contributed by atoms with E-state index in [9.17, 15) is 22.0 Å². The summed E-state index contributed by atoms with van der Waals surface area (Å²) in [7, 11) is -5.19. The third kappa shape index (κ3) is 2.49. The predicted molar refractivity (Wildman–Crippen MR) is 63.4 cm³/mol. The molecule has 0 amide bonds. The van der Waals surface area contributed by atoms with Crippen LogP contribution in [-0.4, -0.2) is 25.9 Å². The van der Waals surface area contributed by atoms with Gasteiger partial charge in [-0.1, -0.05) is 0 Å². The summed E-state index contributed by atoms with van der Waals surface area (Å²) >= 11 is 0. The molecule has 8 heteroatoms. The minimum Gasteiger partial charge on any atom is -0.427 e. The van der Waals surface area contributed by atoms with Crippen LogP contribution in [0.3, 0.4) is 0 Å². The van der Waals surface area contributed by atoms with E-state index >= 15 is 0 Å². The zero-order valence-electron chi connectivity index (χ0n) is 10.8. The number of ether oxygens (including phenoxy) is 1. The Morgan fingerprint density at radius 3 is 1.90 bits per heavy atom. The maximum atomic E-state index is 12.2. The SMILES string of the molecule is O=C(OC12CC3CC(CC(C3)C1)C2)OS(=O)(=O)C(F)F. The zero-order valence-corrected chi connectivity index (χ0v) is 11.6. The van der Waals surface area contributed by atoms with Crippen LogP contribution in [0.5, 0.6) is 0 Å². The molecule has 0 radical (unpaired) electrons. The molecule has 5 nitrogen and oxygen atoms in total. The van der Waals surface area contributed by atoms with Gasteiger partial charge in [0.1, 0.15) is 5.60 Å². The molecule has 114 valence electrons. The molecule has 0 saturated heterocycles. The van der Waals surface area contributed by atoms with Crippen LogP contribution in [0.25, 0.3) is 0 Å². The van der Waals surface area contributed by atoms with E-state index in [2.05, 4.69) is 4.18 Å². The predicted octanol–water partition coefficient (Wildman–Crippen LogP) is 2.66. The lowest BCUT2D eigenvalue weighted by Crippen LogP contribution is -2.52. The number of halogens is 2. The Bertz CT molecular complexity index is 481. The number of rotatable bonds is 3. The van der Waals surface area contributed by atoms with E-state index in [1.165, 1.54) is 0 Å². The standard InChI is InChI=1S/C12H16F2O5S/c13-10(14)20(16,17)19-11(15)18-12-4-7-1-8(5-12)3-9(2-7)6-12/h7-10H,1-6H2. The van der Waals surface area contributed by atoms with E-state index in [0.29, 0.717) is 37.0 Å². The molecule has 4 aliphatic rings. The Labute approximate surface area is 115 Å². The van der Waals surface area contributed by atoms with Crippen LogP contribution in [-0.2, 0) is 19.0 Å². The van der Waals surface area contributed by atoms with Gasteiger partial charge in [-0.25, -0.2) is 4.79 Å². The lowest BCUT2D eigenvalue weighted by atomic mass is 9.54. The number of carbonyl (C=O) groups excluding carboxylic acids is 1. The van der Waals surface area contributed by atoms with E-state index in [-0.39, 0.29) is 0 Å². The monoisotopic (exact) mass is 310 g/mol. The van der Waals surface area contributed by atoms with E-state index in [0.717, 1.165) is 19.3 Å². The summed E-state index contributed by atoms with van der Waals surface area (Å²) in [6.07, 6.45) is 3.88. The molecule has 4 saturated carbocycles. The summed E-state index contributed by atoms with van der Waals surface area (Å²) < 4.78 is 55.0. The summed E-state index contributed by atoms with van der Waals surface area (Å²) in [5.41, 5.74) is -0.705. The molecule has 4 rings (SSSR count). The highest BCUT2D eigenvalue weighted by molar-refractivity contribution is 7.87. The molecular weight excluding hydrogens is 294 g/mol. The number of hydrogen-bond acceptors (Lipinski definition) is 5. The van der Waals surface area contributed by atoms with Crippen molar-refractivity contribution in [3.8, 4) is 0 Å². The van der Waals surface area contributed by atoms with Crippen molar-refractivity contribution in [1.82, 2.24) is 0 Å². The Hall–Kier alpha value is -0.920. The molecule has 20 heavy (non-hydrogen) atoms. The van der Waals surface area contributed by atoms with Crippen LogP contribution in [0, 0.1) is 17.8 Å². The van der Waals surface area contributed by atoms with Gasteiger partial charge in [-0.2, -0.15) is 17.2 Å². The summed E-state index contributed by atoms with van der Waals surface area (Å²) in [4.78, 5) is 11.5. The lowest BCUT2D eigenvalue weighted by Gasteiger charge is -2.55. The third-order valence-electron chi connectivity index (χ3n) is 4.68. The second kappa shape index (κ2) is 4.54. The molecule has 0 aliphatic heterocycles. The van der Waals surface area contributed by atoms with Crippen molar-refractivity contribution < 1.29 is 30.9 Å². The molecule has 4 fully saturated rings. The van der Waals surface area contributed by atoms with E-state index in [1.807, 2.05) is 0 Å². The molecule has 0 aromatic rings. The van der Waals surface area contributed by atoms with Crippen molar-refractivity contribution in [3.05, 3.63) is 0 Å². The highest BCUT2D eigenvalue weighted by Gasteiger charge is 2.53. The largest absolute Gasteiger partial charge is 0.524 e. The highest BCUT2D eigenvalue weighted by atomic mass is 32.2. The molecule has 0 N–H and O–H groups in total. The summed E-state index contributed by atoms with van der Waals surface area (Å²) in [6.45, 7) is 0. The van der Waals surface area contributed by atoms with E-state index < -0.39 is 27.6 Å². The normalized spacial score (nSPS) is 39.0. The van der Waals surface area contributed by atoms with Gasteiger partial charge in [-0.15, -0.1) is 0 Å². The molecular formula is C12H16F2O5S. The average Bonchev–Trinajstić information content (AvgIpc) is 2.24. The molecule has 0 heterocycles. The van der Waals surface area contributed by atoms with Crippen molar-refractivity contribution >= 4 is 16.3 Å². The molecule has 0 aromatic carbocycles. The van der Waals surface area contributed by atoms with Gasteiger partial charge < -0.3 is 8.92 Å². The number of carbonyl (C=O) groups is 1. The quantitative estimate of drug-likeness (QED) is 0.592. The second-order valence-corrected chi connectivity index (χ2v) is 7.80. The van der Waals surface area contributed by atoms with Gasteiger partial charge in [0.25, 0.3) is 0 Å². The average molecular weight is 310 g/mol. The molecule has 0 atom stereocenters. The first-order chi connectivity index (χ1) is 9.28. The van der Waals surface area contributed by atoms with E-state index in [1.54, 1.807) is 0 Å². The number of hydrogen-bond donors (Lipinski definition) is 0. The van der Waals surface area contributed by atoms with Crippen molar-refractivity contribution in [2.75, 3.05) is 0 Å². The zero-order chi connectivity index (χ0) is 14.5. The van der Waals surface area contributed by atoms with Crippen LogP contribution in [0.2, 0.25) is 0 Å². The van der Waals surface area contributed by atoms with Gasteiger partial charge in [0, 0.05) is 0 Å². The van der Waals surface area contributed by atoms with Gasteiger partial charge in [0.05, 0.1) is 0 Å². The fourth-order valence-electron chi connectivity index (χ4n) is 4.48. The van der Waals surface area contributed by atoms with Crippen LogP contribution in [0.1, 0.15) is 38.5 Å². The van der Waals surface area contributed by atoms with E-state index in [4.69, 9.17) is 4.74 Å². The second-order valence-electron chi connectivity index (χ2n) is 6.29. The fourth-order valence-corrected chi connectivity index (χ4v) is 4.78.